The van der Waals surface area contributed by atoms with Crippen molar-refractivity contribution in [3.8, 4) is 0 Å². The second-order valence-electron chi connectivity index (χ2n) is 11.1. The van der Waals surface area contributed by atoms with Crippen LogP contribution in [0.25, 0.3) is 0 Å². The van der Waals surface area contributed by atoms with Gasteiger partial charge in [0.1, 0.15) is 6.04 Å². The molecule has 2 heterocycles. The summed E-state index contributed by atoms with van der Waals surface area (Å²) in [5, 5.41) is 3.07. The highest BCUT2D eigenvalue weighted by Gasteiger charge is 2.64. The van der Waals surface area contributed by atoms with E-state index in [4.69, 9.17) is 0 Å². The highest BCUT2D eigenvalue weighted by molar-refractivity contribution is 8.01. The highest BCUT2D eigenvalue weighted by Crippen LogP contribution is 2.56. The number of anilines is 1. The van der Waals surface area contributed by atoms with Crippen LogP contribution in [0.3, 0.4) is 0 Å². The van der Waals surface area contributed by atoms with Gasteiger partial charge in [0.2, 0.25) is 11.8 Å². The number of thioether (sulfide) groups is 1. The van der Waals surface area contributed by atoms with Gasteiger partial charge in [-0.3, -0.25) is 14.4 Å². The fourth-order valence-electron chi connectivity index (χ4n) is 5.76. The third-order valence-corrected chi connectivity index (χ3v) is 8.86. The van der Waals surface area contributed by atoms with Crippen LogP contribution in [0, 0.1) is 5.92 Å². The lowest BCUT2D eigenvalue weighted by Gasteiger charge is -2.39. The lowest BCUT2D eigenvalue weighted by molar-refractivity contribution is -0.151. The van der Waals surface area contributed by atoms with E-state index in [0.717, 1.165) is 48.9 Å². The van der Waals surface area contributed by atoms with E-state index in [2.05, 4.69) is 5.32 Å². The lowest BCUT2D eigenvalue weighted by Crippen LogP contribution is -2.60. The molecule has 1 spiro atoms. The van der Waals surface area contributed by atoms with Crippen LogP contribution in [0.5, 0.6) is 0 Å². The molecule has 190 valence electrons. The minimum atomic E-state index is -1.22. The quantitative estimate of drug-likeness (QED) is 0.647. The van der Waals surface area contributed by atoms with Crippen LogP contribution >= 0.6 is 11.8 Å². The molecule has 2 atom stereocenters. The number of nitrogens with zero attached hydrogens (tertiary/aromatic N) is 2. The second-order valence-corrected chi connectivity index (χ2v) is 12.4. The van der Waals surface area contributed by atoms with E-state index in [9.17, 15) is 14.4 Å². The Labute approximate surface area is 217 Å². The van der Waals surface area contributed by atoms with Gasteiger partial charge < -0.3 is 15.1 Å². The number of fused-ring (bicyclic) bond motifs is 2. The van der Waals surface area contributed by atoms with Gasteiger partial charge in [-0.2, -0.15) is 0 Å². The third-order valence-electron chi connectivity index (χ3n) is 7.37. The number of para-hydroxylation sites is 1. The highest BCUT2D eigenvalue weighted by atomic mass is 32.2. The molecule has 1 saturated heterocycles. The summed E-state index contributed by atoms with van der Waals surface area (Å²) in [5.74, 6) is -0.143. The Hall–Kier alpha value is -2.80. The maximum absolute atomic E-state index is 14.4. The standard InChI is InChI=1S/C29H35N3O3S/c1-28(2,3)30-25(33)24-19-36-29(32(24)26(34)21-14-8-5-9-15-21)22-16-10-11-17-23(22)31(27(29)35)18-20-12-6-4-7-13-20/h4,6-7,10-13,16-17,21,24H,5,8-9,14-15,18-19H2,1-3H3,(H,30,33). The Kier molecular flexibility index (Phi) is 6.62. The zero-order valence-corrected chi connectivity index (χ0v) is 22.1. The Morgan fingerprint density at radius 3 is 2.36 bits per heavy atom. The lowest BCUT2D eigenvalue weighted by atomic mass is 9.87. The van der Waals surface area contributed by atoms with Crippen LogP contribution in [0.2, 0.25) is 0 Å². The molecular formula is C29H35N3O3S. The van der Waals surface area contributed by atoms with Crippen LogP contribution < -0.4 is 10.2 Å². The maximum Gasteiger partial charge on any atom is 0.268 e. The van der Waals surface area contributed by atoms with Crippen molar-refractivity contribution in [2.45, 2.75) is 75.9 Å². The molecule has 2 aliphatic heterocycles. The van der Waals surface area contributed by atoms with E-state index >= 15 is 0 Å². The number of hydrogen-bond donors (Lipinski definition) is 1. The minimum Gasteiger partial charge on any atom is -0.350 e. The summed E-state index contributed by atoms with van der Waals surface area (Å²) >= 11 is 1.43. The number of carbonyl (C=O) groups excluding carboxylic acids is 3. The molecule has 0 aromatic heterocycles. The summed E-state index contributed by atoms with van der Waals surface area (Å²) in [5.41, 5.74) is 2.21. The topological polar surface area (TPSA) is 69.7 Å². The maximum atomic E-state index is 14.4. The van der Waals surface area contributed by atoms with Crippen LogP contribution in [0.1, 0.15) is 64.0 Å². The van der Waals surface area contributed by atoms with Crippen molar-refractivity contribution in [1.29, 1.82) is 0 Å². The molecule has 5 rings (SSSR count). The molecule has 0 bridgehead atoms. The predicted octanol–water partition coefficient (Wildman–Crippen LogP) is 4.83. The van der Waals surface area contributed by atoms with Crippen molar-refractivity contribution in [2.24, 2.45) is 5.92 Å². The van der Waals surface area contributed by atoms with E-state index in [1.807, 2.05) is 75.4 Å². The Balaban J connectivity index is 1.59. The van der Waals surface area contributed by atoms with Crippen molar-refractivity contribution >= 4 is 35.2 Å². The summed E-state index contributed by atoms with van der Waals surface area (Å²) in [7, 11) is 0. The van der Waals surface area contributed by atoms with Crippen molar-refractivity contribution < 1.29 is 14.4 Å². The van der Waals surface area contributed by atoms with Gasteiger partial charge in [0, 0.05) is 22.8 Å². The molecule has 2 aromatic rings. The molecule has 1 saturated carbocycles. The molecule has 3 amide bonds. The van der Waals surface area contributed by atoms with Gasteiger partial charge in [0.15, 0.2) is 4.87 Å². The molecule has 7 heteroatoms. The Morgan fingerprint density at radius 1 is 1.00 bits per heavy atom. The average Bonchev–Trinajstić information content (AvgIpc) is 3.37. The number of nitrogens with one attached hydrogen (secondary N) is 1. The van der Waals surface area contributed by atoms with Crippen LogP contribution in [0.4, 0.5) is 5.69 Å². The number of carbonyl (C=O) groups is 3. The van der Waals surface area contributed by atoms with E-state index in [1.165, 1.54) is 11.8 Å². The van der Waals surface area contributed by atoms with E-state index < -0.39 is 16.5 Å². The smallest absolute Gasteiger partial charge is 0.268 e. The first kappa shape index (κ1) is 24.9. The van der Waals surface area contributed by atoms with Gasteiger partial charge in [-0.1, -0.05) is 67.8 Å². The molecule has 2 fully saturated rings. The molecule has 1 N–H and O–H groups in total. The summed E-state index contributed by atoms with van der Waals surface area (Å²) in [6.45, 7) is 6.23. The zero-order chi connectivity index (χ0) is 25.5. The fraction of sp³-hybridized carbons (Fsp3) is 0.483. The second kappa shape index (κ2) is 9.58. The molecule has 6 nitrogen and oxygen atoms in total. The molecule has 36 heavy (non-hydrogen) atoms. The minimum absolute atomic E-state index is 0.0570. The van der Waals surface area contributed by atoms with Crippen molar-refractivity contribution in [1.82, 2.24) is 10.2 Å². The first-order valence-corrected chi connectivity index (χ1v) is 14.0. The van der Waals surface area contributed by atoms with Gasteiger partial charge >= 0.3 is 0 Å². The largest absolute Gasteiger partial charge is 0.350 e. The first-order chi connectivity index (χ1) is 17.2. The number of hydrogen-bond acceptors (Lipinski definition) is 4. The number of amides is 3. The molecule has 2 aromatic carbocycles. The first-order valence-electron chi connectivity index (χ1n) is 13.0. The summed E-state index contributed by atoms with van der Waals surface area (Å²) < 4.78 is 0. The van der Waals surface area contributed by atoms with Crippen molar-refractivity contribution in [3.63, 3.8) is 0 Å². The van der Waals surface area contributed by atoms with E-state index in [1.54, 1.807) is 9.80 Å². The van der Waals surface area contributed by atoms with Crippen molar-refractivity contribution in [3.05, 3.63) is 65.7 Å². The van der Waals surface area contributed by atoms with E-state index in [0.29, 0.717) is 12.3 Å². The van der Waals surface area contributed by atoms with Crippen LogP contribution in [-0.2, 0) is 25.8 Å². The molecule has 1 aliphatic carbocycles. The summed E-state index contributed by atoms with van der Waals surface area (Å²) in [6, 6.07) is 17.0. The Bertz CT molecular complexity index is 1160. The molecule has 2 unspecified atom stereocenters. The fourth-order valence-corrected chi connectivity index (χ4v) is 7.38. The predicted molar refractivity (Wildman–Crippen MR) is 143 cm³/mol. The third kappa shape index (κ3) is 4.32. The van der Waals surface area contributed by atoms with Crippen LogP contribution in [0.15, 0.2) is 54.6 Å². The molecule has 0 radical (unpaired) electrons. The van der Waals surface area contributed by atoms with Gasteiger partial charge in [-0.05, 0) is 45.2 Å². The average molecular weight is 506 g/mol. The van der Waals surface area contributed by atoms with Gasteiger partial charge in [-0.25, -0.2) is 0 Å². The van der Waals surface area contributed by atoms with Crippen LogP contribution in [-0.4, -0.2) is 40.0 Å². The number of benzene rings is 2. The monoisotopic (exact) mass is 505 g/mol. The van der Waals surface area contributed by atoms with Gasteiger partial charge in [0.05, 0.1) is 12.2 Å². The summed E-state index contributed by atoms with van der Waals surface area (Å²) in [4.78, 5) is 44.4. The normalized spacial score (nSPS) is 24.3. The number of rotatable bonds is 4. The molecular weight excluding hydrogens is 470 g/mol. The zero-order valence-electron chi connectivity index (χ0n) is 21.3. The van der Waals surface area contributed by atoms with Gasteiger partial charge in [0.25, 0.3) is 5.91 Å². The molecule has 3 aliphatic rings. The van der Waals surface area contributed by atoms with E-state index in [-0.39, 0.29) is 23.6 Å². The summed E-state index contributed by atoms with van der Waals surface area (Å²) in [6.07, 6.45) is 4.77. The Morgan fingerprint density at radius 2 is 1.67 bits per heavy atom. The van der Waals surface area contributed by atoms with Crippen molar-refractivity contribution in [2.75, 3.05) is 10.7 Å². The van der Waals surface area contributed by atoms with Gasteiger partial charge in [-0.15, -0.1) is 11.8 Å². The SMILES string of the molecule is CC(C)(C)NC(=O)C1CSC2(C(=O)N(Cc3ccccc3)c3ccccc32)N1C(=O)C1CCCCC1.